The van der Waals surface area contributed by atoms with Crippen LogP contribution in [0.3, 0.4) is 0 Å². The minimum absolute atomic E-state index is 0.0463. The van der Waals surface area contributed by atoms with Gasteiger partial charge >= 0.3 is 22.4 Å². The van der Waals surface area contributed by atoms with Crippen molar-refractivity contribution in [2.75, 3.05) is 24.7 Å². The van der Waals surface area contributed by atoms with Crippen molar-refractivity contribution in [2.24, 2.45) is 0 Å². The summed E-state index contributed by atoms with van der Waals surface area (Å²) in [7, 11) is -8.00. The normalized spacial score (nSPS) is 18.2. The Hall–Kier alpha value is -2.08. The lowest BCUT2D eigenvalue weighted by molar-refractivity contribution is -0.756. The maximum atomic E-state index is 13.3. The Morgan fingerprint density at radius 2 is 1.73 bits per heavy atom. The van der Waals surface area contributed by atoms with E-state index in [0.717, 1.165) is 21.6 Å². The van der Waals surface area contributed by atoms with E-state index in [9.17, 15) is 47.5 Å². The van der Waals surface area contributed by atoms with Crippen LogP contribution in [0.25, 0.3) is 6.08 Å². The lowest BCUT2D eigenvalue weighted by Crippen LogP contribution is -2.41. The van der Waals surface area contributed by atoms with E-state index >= 15 is 0 Å². The van der Waals surface area contributed by atoms with Gasteiger partial charge in [-0.1, -0.05) is 41.0 Å². The summed E-state index contributed by atoms with van der Waals surface area (Å²) in [6.45, 7) is -0.644. The van der Waals surface area contributed by atoms with Gasteiger partial charge in [0.2, 0.25) is 6.10 Å². The average molecular weight is 551 g/mol. The average Bonchev–Trinajstić information content (AvgIpc) is 2.65. The molecule has 0 aromatic heterocycles. The van der Waals surface area contributed by atoms with Crippen LogP contribution in [0.4, 0.5) is 32.6 Å². The number of carbonyl (C=O) groups is 1. The number of rotatable bonds is 10. The van der Waals surface area contributed by atoms with Gasteiger partial charge in [-0.15, -0.1) is 10.1 Å². The smallest absolute Gasteiger partial charge is 0.430 e. The Balaban J connectivity index is 2.12. The SMILES string of the molecule is O=C(OCCSSCCO[N+](=O)[O-])C1=Cc2cc(S(F)(F)(F)(F)F)ccc2O[C@@H]1C(F)(F)F. The molecule has 0 spiro atoms. The fraction of sp³-hybridized carbons (Fsp3) is 0.400. The summed E-state index contributed by atoms with van der Waals surface area (Å²) in [5, 5.41) is 8.96. The monoisotopic (exact) mass is 551 g/mol. The zero-order chi connectivity index (χ0) is 25.1. The molecule has 1 heterocycles. The molecule has 0 saturated carbocycles. The molecule has 188 valence electrons. The molecule has 0 unspecified atom stereocenters. The highest BCUT2D eigenvalue weighted by atomic mass is 33.1. The van der Waals surface area contributed by atoms with Crippen molar-refractivity contribution >= 4 is 43.9 Å². The van der Waals surface area contributed by atoms with E-state index in [0.29, 0.717) is 12.1 Å². The van der Waals surface area contributed by atoms with E-state index in [1.807, 2.05) is 0 Å². The molecule has 7 nitrogen and oxygen atoms in total. The van der Waals surface area contributed by atoms with Crippen LogP contribution in [0.15, 0.2) is 28.7 Å². The number of carbonyl (C=O) groups excluding carboxylic acids is 1. The van der Waals surface area contributed by atoms with Gasteiger partial charge in [-0.3, -0.25) is 0 Å². The first-order valence-electron chi connectivity index (χ1n) is 8.40. The molecular formula is C15H13F8NO6S3. The van der Waals surface area contributed by atoms with Gasteiger partial charge in [0, 0.05) is 17.1 Å². The molecule has 18 heteroatoms. The minimum atomic E-state index is -10.1. The molecule has 1 atom stereocenters. The van der Waals surface area contributed by atoms with Crippen molar-refractivity contribution in [3.05, 3.63) is 39.4 Å². The summed E-state index contributed by atoms with van der Waals surface area (Å²) >= 11 is 0. The maximum absolute atomic E-state index is 13.3. The fourth-order valence-electron chi connectivity index (χ4n) is 2.34. The molecule has 1 aromatic carbocycles. The van der Waals surface area contributed by atoms with Gasteiger partial charge in [0.25, 0.3) is 5.09 Å². The van der Waals surface area contributed by atoms with Crippen LogP contribution in [-0.2, 0) is 14.4 Å². The summed E-state index contributed by atoms with van der Waals surface area (Å²) in [4.78, 5) is 23.8. The van der Waals surface area contributed by atoms with Crippen LogP contribution in [-0.4, -0.2) is 48.1 Å². The van der Waals surface area contributed by atoms with E-state index < -0.39 is 61.9 Å². The van der Waals surface area contributed by atoms with Crippen molar-refractivity contribution in [3.63, 3.8) is 0 Å². The molecule has 0 amide bonds. The molecule has 0 saturated heterocycles. The topological polar surface area (TPSA) is 87.9 Å². The number of halogens is 8. The summed E-state index contributed by atoms with van der Waals surface area (Å²) in [5.41, 5.74) is -2.02. The van der Waals surface area contributed by atoms with E-state index in [4.69, 9.17) is 0 Å². The quantitative estimate of drug-likeness (QED) is 0.0851. The first kappa shape index (κ1) is 27.2. The lowest BCUT2D eigenvalue weighted by atomic mass is 10.0. The minimum Gasteiger partial charge on any atom is -0.475 e. The second-order valence-corrected chi connectivity index (χ2v) is 11.3. The molecule has 0 radical (unpaired) electrons. The second-order valence-electron chi connectivity index (χ2n) is 6.14. The number of hydrogen-bond donors (Lipinski definition) is 0. The third kappa shape index (κ3) is 8.02. The molecule has 0 aliphatic carbocycles. The zero-order valence-electron chi connectivity index (χ0n) is 15.9. The Labute approximate surface area is 188 Å². The lowest BCUT2D eigenvalue weighted by Gasteiger charge is -2.41. The number of benzene rings is 1. The van der Waals surface area contributed by atoms with Gasteiger partial charge in [0.1, 0.15) is 23.9 Å². The Morgan fingerprint density at radius 3 is 2.27 bits per heavy atom. The summed E-state index contributed by atoms with van der Waals surface area (Å²) < 4.78 is 114. The highest BCUT2D eigenvalue weighted by molar-refractivity contribution is 8.76. The summed E-state index contributed by atoms with van der Waals surface area (Å²) in [6, 6.07) is 0.114. The van der Waals surface area contributed by atoms with Crippen molar-refractivity contribution < 1.29 is 56.8 Å². The molecule has 1 aliphatic rings. The second kappa shape index (κ2) is 8.94. The van der Waals surface area contributed by atoms with Gasteiger partial charge in [-0.2, -0.15) is 13.2 Å². The fourth-order valence-corrected chi connectivity index (χ4v) is 4.66. The van der Waals surface area contributed by atoms with Crippen LogP contribution in [0.5, 0.6) is 5.75 Å². The number of esters is 1. The van der Waals surface area contributed by atoms with Gasteiger partial charge in [-0.25, -0.2) is 4.79 Å². The number of fused-ring (bicyclic) bond motifs is 1. The van der Waals surface area contributed by atoms with Crippen LogP contribution in [0, 0.1) is 10.1 Å². The van der Waals surface area contributed by atoms with Crippen LogP contribution in [0.1, 0.15) is 5.56 Å². The first-order valence-corrected chi connectivity index (χ1v) is 12.8. The number of nitrogens with zero attached hydrogens (tertiary/aromatic N) is 1. The summed E-state index contributed by atoms with van der Waals surface area (Å²) in [6.07, 6.45) is -7.68. The molecular weight excluding hydrogens is 538 g/mol. The van der Waals surface area contributed by atoms with E-state index in [1.54, 1.807) is 0 Å². The Bertz CT molecular complexity index is 954. The zero-order valence-corrected chi connectivity index (χ0v) is 18.3. The van der Waals surface area contributed by atoms with Gasteiger partial charge < -0.3 is 14.3 Å². The first-order chi connectivity index (χ1) is 14.9. The van der Waals surface area contributed by atoms with Crippen molar-refractivity contribution in [1.82, 2.24) is 0 Å². The van der Waals surface area contributed by atoms with Crippen molar-refractivity contribution in [2.45, 2.75) is 17.2 Å². The highest BCUT2D eigenvalue weighted by Gasteiger charge is 2.65. The van der Waals surface area contributed by atoms with Crippen LogP contribution >= 0.6 is 31.8 Å². The third-order valence-corrected chi connectivity index (χ3v) is 7.12. The van der Waals surface area contributed by atoms with Crippen LogP contribution < -0.4 is 4.74 Å². The predicted octanol–water partition coefficient (Wildman–Crippen LogP) is 6.18. The molecule has 0 fully saturated rings. The standard InChI is InChI=1S/C15H13F8NO6S3/c16-15(17,18)13-11(14(25)28-3-5-31-32-6-4-29-24(26)27)8-9-7-10(1-2-12(9)30-13)33(19,20,21,22)23/h1-2,7-8,13H,3-6H2/t13-/m0/s1. The van der Waals surface area contributed by atoms with Gasteiger partial charge in [-0.05, 0) is 24.3 Å². The molecule has 0 N–H and O–H groups in total. The molecule has 1 aliphatic heterocycles. The number of alkyl halides is 3. The van der Waals surface area contributed by atoms with E-state index in [1.165, 1.54) is 0 Å². The molecule has 33 heavy (non-hydrogen) atoms. The maximum Gasteiger partial charge on any atom is 0.430 e. The van der Waals surface area contributed by atoms with Crippen molar-refractivity contribution in [3.8, 4) is 5.75 Å². The predicted molar refractivity (Wildman–Crippen MR) is 105 cm³/mol. The molecule has 1 aromatic rings. The number of ether oxygens (including phenoxy) is 2. The van der Waals surface area contributed by atoms with E-state index in [-0.39, 0.29) is 30.2 Å². The Morgan fingerprint density at radius 1 is 1.12 bits per heavy atom. The largest absolute Gasteiger partial charge is 0.475 e. The summed E-state index contributed by atoms with van der Waals surface area (Å²) in [5.74, 6) is -2.11. The number of hydrogen-bond acceptors (Lipinski definition) is 8. The molecule has 0 bridgehead atoms. The Kier molecular flexibility index (Phi) is 7.36. The molecule has 2 rings (SSSR count). The van der Waals surface area contributed by atoms with Crippen molar-refractivity contribution in [1.29, 1.82) is 0 Å². The third-order valence-electron chi connectivity index (χ3n) is 3.64. The van der Waals surface area contributed by atoms with Gasteiger partial charge in [0.05, 0.1) is 5.57 Å². The highest BCUT2D eigenvalue weighted by Crippen LogP contribution is 3.02. The van der Waals surface area contributed by atoms with E-state index in [2.05, 4.69) is 14.3 Å². The van der Waals surface area contributed by atoms with Crippen LogP contribution in [0.2, 0.25) is 0 Å². The van der Waals surface area contributed by atoms with Gasteiger partial charge in [0.15, 0.2) is 0 Å².